The first kappa shape index (κ1) is 12.1. The number of carbonyl (C=O) groups excluding carboxylic acids is 1. The van der Waals surface area contributed by atoms with E-state index >= 15 is 0 Å². The van der Waals surface area contributed by atoms with E-state index in [2.05, 4.69) is 19.1 Å². The van der Waals surface area contributed by atoms with Gasteiger partial charge in [0, 0.05) is 19.5 Å². The molecule has 17 heavy (non-hydrogen) atoms. The van der Waals surface area contributed by atoms with E-state index in [1.165, 1.54) is 11.1 Å². The number of nitrogens with two attached hydrogens (primary N) is 1. The van der Waals surface area contributed by atoms with Gasteiger partial charge < -0.3 is 10.6 Å². The fraction of sp³-hybridized carbons (Fsp3) is 0.500. The van der Waals surface area contributed by atoms with Crippen LogP contribution in [0.1, 0.15) is 36.4 Å². The van der Waals surface area contributed by atoms with Crippen LogP contribution in [-0.2, 0) is 4.79 Å². The number of nitrogens with zero attached hydrogens (tertiary/aromatic N) is 1. The van der Waals surface area contributed by atoms with E-state index in [0.717, 1.165) is 19.4 Å². The van der Waals surface area contributed by atoms with Crippen molar-refractivity contribution in [1.29, 1.82) is 0 Å². The summed E-state index contributed by atoms with van der Waals surface area (Å²) >= 11 is 0. The van der Waals surface area contributed by atoms with E-state index in [4.69, 9.17) is 5.73 Å². The van der Waals surface area contributed by atoms with Crippen molar-refractivity contribution in [3.05, 3.63) is 35.4 Å². The summed E-state index contributed by atoms with van der Waals surface area (Å²) in [4.78, 5) is 14.0. The Bertz CT molecular complexity index is 403. The van der Waals surface area contributed by atoms with Crippen molar-refractivity contribution in [2.45, 2.75) is 32.2 Å². The molecule has 3 nitrogen and oxygen atoms in total. The minimum Gasteiger partial charge on any atom is -0.336 e. The molecule has 0 spiro atoms. The van der Waals surface area contributed by atoms with Crippen LogP contribution in [0.3, 0.4) is 0 Å². The monoisotopic (exact) mass is 232 g/mol. The molecule has 1 aromatic carbocycles. The second kappa shape index (κ2) is 5.32. The molecule has 0 aliphatic carbocycles. The Morgan fingerprint density at radius 1 is 1.47 bits per heavy atom. The van der Waals surface area contributed by atoms with E-state index in [-0.39, 0.29) is 11.9 Å². The van der Waals surface area contributed by atoms with Crippen LogP contribution in [0, 0.1) is 6.92 Å². The highest BCUT2D eigenvalue weighted by atomic mass is 16.2. The van der Waals surface area contributed by atoms with Crippen LogP contribution in [0.25, 0.3) is 0 Å². The highest BCUT2D eigenvalue weighted by Crippen LogP contribution is 2.33. The van der Waals surface area contributed by atoms with E-state index in [0.29, 0.717) is 13.0 Å². The first-order valence-corrected chi connectivity index (χ1v) is 6.29. The Morgan fingerprint density at radius 3 is 2.94 bits per heavy atom. The van der Waals surface area contributed by atoms with Crippen molar-refractivity contribution in [3.63, 3.8) is 0 Å². The van der Waals surface area contributed by atoms with Crippen molar-refractivity contribution in [2.75, 3.05) is 13.1 Å². The summed E-state index contributed by atoms with van der Waals surface area (Å²) in [5.74, 6) is 0.193. The van der Waals surface area contributed by atoms with E-state index in [1.54, 1.807) is 0 Å². The first-order valence-electron chi connectivity index (χ1n) is 6.29. The molecule has 1 atom stereocenters. The molecule has 1 amide bonds. The van der Waals surface area contributed by atoms with Gasteiger partial charge in [-0.3, -0.25) is 4.79 Å². The van der Waals surface area contributed by atoms with Crippen molar-refractivity contribution in [2.24, 2.45) is 5.73 Å². The van der Waals surface area contributed by atoms with Crippen LogP contribution in [0.4, 0.5) is 0 Å². The largest absolute Gasteiger partial charge is 0.336 e. The zero-order chi connectivity index (χ0) is 12.3. The standard InChI is InChI=1S/C14H20N2O/c1-11-5-2-3-6-12(11)13-7-4-10-16(13)14(17)8-9-15/h2-3,5-6,13H,4,7-10,15H2,1H3/t13-/m1/s1. The fourth-order valence-corrected chi connectivity index (χ4v) is 2.62. The molecule has 1 aromatic rings. The Hall–Kier alpha value is -1.35. The van der Waals surface area contributed by atoms with Gasteiger partial charge in [0.2, 0.25) is 5.91 Å². The molecule has 3 heteroatoms. The Balaban J connectivity index is 2.20. The quantitative estimate of drug-likeness (QED) is 0.866. The van der Waals surface area contributed by atoms with Gasteiger partial charge in [-0.2, -0.15) is 0 Å². The van der Waals surface area contributed by atoms with Crippen LogP contribution in [0.2, 0.25) is 0 Å². The van der Waals surface area contributed by atoms with Gasteiger partial charge >= 0.3 is 0 Å². The van der Waals surface area contributed by atoms with Gasteiger partial charge in [0.1, 0.15) is 0 Å². The zero-order valence-corrected chi connectivity index (χ0v) is 10.4. The van der Waals surface area contributed by atoms with Gasteiger partial charge in [0.25, 0.3) is 0 Å². The maximum atomic E-state index is 12.0. The third kappa shape index (κ3) is 2.50. The molecule has 0 saturated carbocycles. The van der Waals surface area contributed by atoms with Gasteiger partial charge in [-0.15, -0.1) is 0 Å². The molecule has 2 N–H and O–H groups in total. The average Bonchev–Trinajstić information content (AvgIpc) is 2.79. The summed E-state index contributed by atoms with van der Waals surface area (Å²) in [6.45, 7) is 3.42. The number of likely N-dealkylation sites (tertiary alicyclic amines) is 1. The van der Waals surface area contributed by atoms with Crippen molar-refractivity contribution in [1.82, 2.24) is 4.90 Å². The smallest absolute Gasteiger partial charge is 0.224 e. The average molecular weight is 232 g/mol. The lowest BCUT2D eigenvalue weighted by Gasteiger charge is -2.26. The van der Waals surface area contributed by atoms with Crippen LogP contribution in [0.15, 0.2) is 24.3 Å². The second-order valence-corrected chi connectivity index (χ2v) is 4.64. The Labute approximate surface area is 103 Å². The molecular weight excluding hydrogens is 212 g/mol. The summed E-state index contributed by atoms with van der Waals surface area (Å²) in [5.41, 5.74) is 8.02. The van der Waals surface area contributed by atoms with E-state index < -0.39 is 0 Å². The van der Waals surface area contributed by atoms with Gasteiger partial charge in [0.15, 0.2) is 0 Å². The number of aryl methyl sites for hydroxylation is 1. The van der Waals surface area contributed by atoms with E-state index in [1.807, 2.05) is 17.0 Å². The van der Waals surface area contributed by atoms with Crippen molar-refractivity contribution < 1.29 is 4.79 Å². The SMILES string of the molecule is Cc1ccccc1[C@H]1CCCN1C(=O)CCN. The molecule has 92 valence electrons. The number of amides is 1. The lowest BCUT2D eigenvalue weighted by atomic mass is 9.99. The van der Waals surface area contributed by atoms with Crippen molar-refractivity contribution >= 4 is 5.91 Å². The topological polar surface area (TPSA) is 46.3 Å². The number of hydrogen-bond acceptors (Lipinski definition) is 2. The summed E-state index contributed by atoms with van der Waals surface area (Å²) in [6.07, 6.45) is 2.62. The number of rotatable bonds is 3. The highest BCUT2D eigenvalue weighted by molar-refractivity contribution is 5.77. The van der Waals surface area contributed by atoms with Gasteiger partial charge in [-0.25, -0.2) is 0 Å². The maximum Gasteiger partial charge on any atom is 0.224 e. The molecule has 1 aliphatic heterocycles. The molecule has 0 bridgehead atoms. The molecule has 1 fully saturated rings. The third-order valence-corrected chi connectivity index (χ3v) is 3.48. The lowest BCUT2D eigenvalue weighted by Crippen LogP contribution is -2.32. The van der Waals surface area contributed by atoms with E-state index in [9.17, 15) is 4.79 Å². The summed E-state index contributed by atoms with van der Waals surface area (Å²) < 4.78 is 0. The highest BCUT2D eigenvalue weighted by Gasteiger charge is 2.29. The number of hydrogen-bond donors (Lipinski definition) is 1. The molecule has 0 aromatic heterocycles. The molecular formula is C14H20N2O. The molecule has 2 rings (SSSR count). The van der Waals surface area contributed by atoms with Crippen molar-refractivity contribution in [3.8, 4) is 0 Å². The van der Waals surface area contributed by atoms with Gasteiger partial charge in [0.05, 0.1) is 6.04 Å². The Morgan fingerprint density at radius 2 is 2.24 bits per heavy atom. The van der Waals surface area contributed by atoms with Crippen LogP contribution < -0.4 is 5.73 Å². The fourth-order valence-electron chi connectivity index (χ4n) is 2.62. The zero-order valence-electron chi connectivity index (χ0n) is 10.4. The van der Waals surface area contributed by atoms with Crippen LogP contribution in [-0.4, -0.2) is 23.9 Å². The second-order valence-electron chi connectivity index (χ2n) is 4.64. The summed E-state index contributed by atoms with van der Waals surface area (Å²) in [5, 5.41) is 0. The predicted octanol–water partition coefficient (Wildman–Crippen LogP) is 2.01. The summed E-state index contributed by atoms with van der Waals surface area (Å²) in [7, 11) is 0. The van der Waals surface area contributed by atoms with Gasteiger partial charge in [-0.05, 0) is 30.9 Å². The minimum absolute atomic E-state index is 0.193. The molecule has 1 saturated heterocycles. The van der Waals surface area contributed by atoms with Crippen LogP contribution in [0.5, 0.6) is 0 Å². The Kier molecular flexibility index (Phi) is 3.79. The molecule has 1 heterocycles. The first-order chi connectivity index (χ1) is 8.24. The molecule has 1 aliphatic rings. The van der Waals surface area contributed by atoms with Gasteiger partial charge in [-0.1, -0.05) is 24.3 Å². The number of carbonyl (C=O) groups is 1. The normalized spacial score (nSPS) is 19.6. The maximum absolute atomic E-state index is 12.0. The lowest BCUT2D eigenvalue weighted by molar-refractivity contribution is -0.131. The molecule has 0 unspecified atom stereocenters. The molecule has 0 radical (unpaired) electrons. The predicted molar refractivity (Wildman–Crippen MR) is 68.5 cm³/mol. The third-order valence-electron chi connectivity index (χ3n) is 3.48. The number of benzene rings is 1. The minimum atomic E-state index is 0.193. The van der Waals surface area contributed by atoms with Crippen LogP contribution >= 0.6 is 0 Å². The summed E-state index contributed by atoms with van der Waals surface area (Å²) in [6, 6.07) is 8.59.